The van der Waals surface area contributed by atoms with Crippen LogP contribution in [0.5, 0.6) is 0 Å². The summed E-state index contributed by atoms with van der Waals surface area (Å²) in [6, 6.07) is 0.622. The molecule has 1 aliphatic carbocycles. The van der Waals surface area contributed by atoms with Crippen molar-refractivity contribution in [3.63, 3.8) is 0 Å². The van der Waals surface area contributed by atoms with Crippen LogP contribution in [0, 0.1) is 5.41 Å². The summed E-state index contributed by atoms with van der Waals surface area (Å²) in [5.41, 5.74) is 1.40. The predicted octanol–water partition coefficient (Wildman–Crippen LogP) is 2.79. The van der Waals surface area contributed by atoms with Crippen LogP contribution < -0.4 is 5.32 Å². The number of aromatic nitrogens is 3. The first-order valence-electron chi connectivity index (χ1n) is 7.57. The van der Waals surface area contributed by atoms with Crippen LogP contribution in [0.1, 0.15) is 30.0 Å². The van der Waals surface area contributed by atoms with E-state index in [-0.39, 0.29) is 0 Å². The van der Waals surface area contributed by atoms with Gasteiger partial charge in [-0.2, -0.15) is 0 Å². The molecule has 1 aliphatic heterocycles. The Kier molecular flexibility index (Phi) is 4.17. The van der Waals surface area contributed by atoms with Crippen molar-refractivity contribution < 1.29 is 0 Å². The van der Waals surface area contributed by atoms with Crippen LogP contribution in [-0.2, 0) is 13.1 Å². The van der Waals surface area contributed by atoms with Crippen LogP contribution in [0.2, 0.25) is 4.34 Å². The number of nitrogens with one attached hydrogen (secondary N) is 1. The zero-order valence-corrected chi connectivity index (χ0v) is 14.6. The maximum absolute atomic E-state index is 6.21. The monoisotopic (exact) mass is 355 g/mol. The molecule has 2 fully saturated rings. The highest BCUT2D eigenvalue weighted by atomic mass is 35.5. The minimum Gasteiger partial charge on any atom is -0.317 e. The Morgan fingerprint density at radius 1 is 1.36 bits per heavy atom. The van der Waals surface area contributed by atoms with E-state index in [0.717, 1.165) is 36.9 Å². The summed E-state index contributed by atoms with van der Waals surface area (Å²) < 4.78 is 4.68. The molecule has 0 amide bonds. The summed E-state index contributed by atoms with van der Waals surface area (Å²) in [6.45, 7) is 3.93. The highest BCUT2D eigenvalue weighted by molar-refractivity contribution is 7.10. The fraction of sp³-hybridized carbons (Fsp3) is 0.643. The van der Waals surface area contributed by atoms with Crippen LogP contribution in [0.25, 0.3) is 0 Å². The van der Waals surface area contributed by atoms with Crippen LogP contribution in [0.3, 0.4) is 0 Å². The Balaban J connectivity index is 1.52. The number of nitrogens with zero attached hydrogens (tertiary/aromatic N) is 4. The molecule has 1 atom stereocenters. The third-order valence-electron chi connectivity index (χ3n) is 4.87. The van der Waals surface area contributed by atoms with Crippen molar-refractivity contribution in [2.45, 2.75) is 38.4 Å². The molecule has 2 aromatic heterocycles. The zero-order valence-electron chi connectivity index (χ0n) is 12.2. The molecule has 1 N–H and O–H groups in total. The average Bonchev–Trinajstić information content (AvgIpc) is 2.90. The average molecular weight is 356 g/mol. The topological polar surface area (TPSA) is 53.9 Å². The van der Waals surface area contributed by atoms with Gasteiger partial charge in [-0.05, 0) is 37.8 Å². The summed E-state index contributed by atoms with van der Waals surface area (Å²) in [5.74, 6) is 0. The molecule has 5 nitrogen and oxygen atoms in total. The maximum atomic E-state index is 6.21. The van der Waals surface area contributed by atoms with Crippen molar-refractivity contribution in [2.75, 3.05) is 13.1 Å². The number of thiazole rings is 1. The van der Waals surface area contributed by atoms with Gasteiger partial charge in [0, 0.05) is 35.7 Å². The lowest BCUT2D eigenvalue weighted by Crippen LogP contribution is -2.35. The minimum atomic E-state index is 0.498. The number of hydrogen-bond acceptors (Lipinski definition) is 7. The van der Waals surface area contributed by atoms with Gasteiger partial charge in [0.05, 0.1) is 6.54 Å². The van der Waals surface area contributed by atoms with Gasteiger partial charge in [0.2, 0.25) is 0 Å². The molecule has 1 spiro atoms. The van der Waals surface area contributed by atoms with E-state index in [0.29, 0.717) is 15.8 Å². The van der Waals surface area contributed by atoms with Crippen molar-refractivity contribution in [2.24, 2.45) is 5.41 Å². The Hall–Kier alpha value is -0.600. The minimum absolute atomic E-state index is 0.498. The highest BCUT2D eigenvalue weighted by Crippen LogP contribution is 2.56. The SMILES string of the molecule is Clc1snnc1CN(Cc1nccs1)[C@@H]1CC12CCNCC2. The first-order valence-corrected chi connectivity index (χ1v) is 9.60. The van der Waals surface area contributed by atoms with Gasteiger partial charge in [0.15, 0.2) is 0 Å². The second-order valence-corrected chi connectivity index (χ2v) is 8.49. The van der Waals surface area contributed by atoms with Crippen molar-refractivity contribution >= 4 is 34.5 Å². The lowest BCUT2D eigenvalue weighted by molar-refractivity contribution is 0.186. The molecule has 2 aromatic rings. The molecule has 1 saturated heterocycles. The van der Waals surface area contributed by atoms with Crippen molar-refractivity contribution in [3.05, 3.63) is 26.6 Å². The summed E-state index contributed by atoms with van der Waals surface area (Å²) in [6.07, 6.45) is 5.71. The van der Waals surface area contributed by atoms with Crippen LogP contribution >= 0.6 is 34.5 Å². The molecular formula is C14H18ClN5S2. The lowest BCUT2D eigenvalue weighted by Gasteiger charge is -2.28. The van der Waals surface area contributed by atoms with Crippen molar-refractivity contribution in [1.29, 1.82) is 0 Å². The lowest BCUT2D eigenvalue weighted by atomic mass is 9.93. The summed E-state index contributed by atoms with van der Waals surface area (Å²) in [5, 5.41) is 10.9. The Bertz CT molecular complexity index is 623. The second-order valence-electron chi connectivity index (χ2n) is 6.16. The second kappa shape index (κ2) is 6.13. The van der Waals surface area contributed by atoms with E-state index in [1.807, 2.05) is 11.6 Å². The van der Waals surface area contributed by atoms with Gasteiger partial charge in [-0.25, -0.2) is 4.98 Å². The smallest absolute Gasteiger partial charge is 0.138 e. The molecule has 118 valence electrons. The van der Waals surface area contributed by atoms with E-state index in [9.17, 15) is 0 Å². The van der Waals surface area contributed by atoms with Gasteiger partial charge in [-0.15, -0.1) is 16.4 Å². The molecule has 4 rings (SSSR count). The zero-order chi connectivity index (χ0) is 15.0. The molecule has 22 heavy (non-hydrogen) atoms. The van der Waals surface area contributed by atoms with Crippen molar-refractivity contribution in [1.82, 2.24) is 24.8 Å². The van der Waals surface area contributed by atoms with Crippen LogP contribution in [0.15, 0.2) is 11.6 Å². The first-order chi connectivity index (χ1) is 10.8. The molecule has 1 saturated carbocycles. The van der Waals surface area contributed by atoms with Gasteiger partial charge in [0.25, 0.3) is 0 Å². The summed E-state index contributed by atoms with van der Waals surface area (Å²) in [7, 11) is 0. The number of hydrogen-bond donors (Lipinski definition) is 1. The van der Waals surface area contributed by atoms with Gasteiger partial charge >= 0.3 is 0 Å². The summed E-state index contributed by atoms with van der Waals surface area (Å²) >= 11 is 9.20. The standard InChI is InChI=1S/C14H18ClN5S2/c15-13-10(18-19-22-13)8-20(9-12-17-5-6-21-12)11-7-14(11)1-3-16-4-2-14/h5-6,11,16H,1-4,7-9H2/t11-/m1/s1. The number of rotatable bonds is 5. The third-order valence-corrected chi connectivity index (χ3v) is 6.62. The quantitative estimate of drug-likeness (QED) is 0.893. The number of piperidine rings is 1. The van der Waals surface area contributed by atoms with Gasteiger partial charge in [-0.1, -0.05) is 16.1 Å². The fourth-order valence-corrected chi connectivity index (χ4v) is 4.82. The largest absolute Gasteiger partial charge is 0.317 e. The molecule has 8 heteroatoms. The Morgan fingerprint density at radius 3 is 2.91 bits per heavy atom. The Labute approximate surface area is 142 Å². The van der Waals surface area contributed by atoms with E-state index in [1.54, 1.807) is 11.3 Å². The molecule has 2 aliphatic rings. The van der Waals surface area contributed by atoms with E-state index in [4.69, 9.17) is 11.6 Å². The predicted molar refractivity (Wildman–Crippen MR) is 89.2 cm³/mol. The van der Waals surface area contributed by atoms with E-state index < -0.39 is 0 Å². The third kappa shape index (κ3) is 2.92. The first kappa shape index (κ1) is 15.0. The van der Waals surface area contributed by atoms with Gasteiger partial charge < -0.3 is 5.32 Å². The van der Waals surface area contributed by atoms with E-state index in [2.05, 4.69) is 24.8 Å². The molecule has 0 aromatic carbocycles. The van der Waals surface area contributed by atoms with Crippen LogP contribution in [0.4, 0.5) is 0 Å². The molecular weight excluding hydrogens is 338 g/mol. The maximum Gasteiger partial charge on any atom is 0.138 e. The normalized spacial score (nSPS) is 23.3. The fourth-order valence-electron chi connectivity index (χ4n) is 3.57. The number of halogens is 1. The molecule has 0 bridgehead atoms. The summed E-state index contributed by atoms with van der Waals surface area (Å²) in [4.78, 5) is 6.96. The van der Waals surface area contributed by atoms with Crippen LogP contribution in [-0.4, -0.2) is 38.6 Å². The van der Waals surface area contributed by atoms with E-state index >= 15 is 0 Å². The molecule has 3 heterocycles. The van der Waals surface area contributed by atoms with Gasteiger partial charge in [0.1, 0.15) is 15.0 Å². The van der Waals surface area contributed by atoms with E-state index in [1.165, 1.54) is 30.8 Å². The highest BCUT2D eigenvalue weighted by Gasteiger charge is 2.56. The Morgan fingerprint density at radius 2 is 2.23 bits per heavy atom. The molecule has 0 unspecified atom stereocenters. The van der Waals surface area contributed by atoms with Crippen molar-refractivity contribution in [3.8, 4) is 0 Å². The molecule has 0 radical (unpaired) electrons. The van der Waals surface area contributed by atoms with Gasteiger partial charge in [-0.3, -0.25) is 4.90 Å².